The lowest BCUT2D eigenvalue weighted by molar-refractivity contribution is 0.113. The minimum absolute atomic E-state index is 0.453. The molecule has 0 fully saturated rings. The topological polar surface area (TPSA) is 27.1 Å². The molecule has 4 heteroatoms. The minimum atomic E-state index is 0.453. The Morgan fingerprint density at radius 1 is 1.53 bits per heavy atom. The predicted octanol–water partition coefficient (Wildman–Crippen LogP) is 3.39. The molecule has 1 heterocycles. The van der Waals surface area contributed by atoms with Gasteiger partial charge in [0.15, 0.2) is 0 Å². The van der Waals surface area contributed by atoms with Crippen molar-refractivity contribution in [3.05, 3.63) is 15.5 Å². The van der Waals surface area contributed by atoms with Gasteiger partial charge in [0.2, 0.25) is 0 Å². The molecular formula is C11H19IN2O. The van der Waals surface area contributed by atoms with Gasteiger partial charge >= 0.3 is 0 Å². The van der Waals surface area contributed by atoms with Gasteiger partial charge in [-0.3, -0.25) is 4.68 Å². The summed E-state index contributed by atoms with van der Waals surface area (Å²) in [6.45, 7) is 7.98. The van der Waals surface area contributed by atoms with E-state index in [0.29, 0.717) is 12.6 Å². The van der Waals surface area contributed by atoms with E-state index >= 15 is 0 Å². The molecular weight excluding hydrogens is 303 g/mol. The van der Waals surface area contributed by atoms with Crippen molar-refractivity contribution in [2.24, 2.45) is 0 Å². The summed E-state index contributed by atoms with van der Waals surface area (Å²) in [4.78, 5) is 0. The van der Waals surface area contributed by atoms with Gasteiger partial charge in [0.1, 0.15) is 0 Å². The Hall–Kier alpha value is -0.100. The second-order valence-electron chi connectivity index (χ2n) is 3.69. The molecule has 0 bridgehead atoms. The van der Waals surface area contributed by atoms with Gasteiger partial charge in [-0.2, -0.15) is 5.10 Å². The number of aromatic nitrogens is 2. The monoisotopic (exact) mass is 322 g/mol. The van der Waals surface area contributed by atoms with Crippen LogP contribution in [0.4, 0.5) is 0 Å². The highest BCUT2D eigenvalue weighted by molar-refractivity contribution is 14.1. The highest BCUT2D eigenvalue weighted by Crippen LogP contribution is 2.18. The summed E-state index contributed by atoms with van der Waals surface area (Å²) >= 11 is 2.32. The summed E-state index contributed by atoms with van der Waals surface area (Å²) in [6, 6.07) is 0.453. The molecule has 3 nitrogen and oxygen atoms in total. The van der Waals surface area contributed by atoms with Gasteiger partial charge in [-0.15, -0.1) is 0 Å². The fourth-order valence-corrected chi connectivity index (χ4v) is 1.89. The molecule has 0 aliphatic heterocycles. The number of hydrogen-bond donors (Lipinski definition) is 0. The summed E-state index contributed by atoms with van der Waals surface area (Å²) in [5, 5.41) is 4.39. The van der Waals surface area contributed by atoms with Crippen molar-refractivity contribution in [1.29, 1.82) is 0 Å². The third kappa shape index (κ3) is 3.45. The molecule has 86 valence electrons. The summed E-state index contributed by atoms with van der Waals surface area (Å²) in [5.74, 6) is 0. The van der Waals surface area contributed by atoms with Crippen LogP contribution >= 0.6 is 22.6 Å². The van der Waals surface area contributed by atoms with E-state index in [1.165, 1.54) is 9.26 Å². The van der Waals surface area contributed by atoms with Crippen LogP contribution in [-0.4, -0.2) is 16.4 Å². The lowest BCUT2D eigenvalue weighted by Crippen LogP contribution is -2.11. The number of ether oxygens (including phenoxy) is 1. The third-order valence-electron chi connectivity index (χ3n) is 2.44. The van der Waals surface area contributed by atoms with Crippen molar-refractivity contribution in [3.8, 4) is 0 Å². The molecule has 0 saturated carbocycles. The second kappa shape index (κ2) is 6.48. The van der Waals surface area contributed by atoms with E-state index in [9.17, 15) is 0 Å². The predicted molar refractivity (Wildman–Crippen MR) is 69.9 cm³/mol. The standard InChI is InChI=1S/C11H19IN2O/c1-4-6-15-8-11-10(12)7-13-14(11)9(3)5-2/h7,9H,4-6,8H2,1-3H3/t9-/m0/s1. The normalized spacial score (nSPS) is 13.1. The van der Waals surface area contributed by atoms with Crippen molar-refractivity contribution in [3.63, 3.8) is 0 Å². The zero-order valence-corrected chi connectivity index (χ0v) is 11.8. The second-order valence-corrected chi connectivity index (χ2v) is 4.86. The van der Waals surface area contributed by atoms with Gasteiger partial charge in [0.05, 0.1) is 22.1 Å². The Kier molecular flexibility index (Phi) is 5.60. The van der Waals surface area contributed by atoms with Gasteiger partial charge in [0, 0.05) is 12.6 Å². The number of nitrogens with zero attached hydrogens (tertiary/aromatic N) is 2. The van der Waals surface area contributed by atoms with Gasteiger partial charge in [-0.1, -0.05) is 13.8 Å². The first-order chi connectivity index (χ1) is 7.20. The molecule has 0 saturated heterocycles. The maximum Gasteiger partial charge on any atom is 0.0895 e. The van der Waals surface area contributed by atoms with Crippen LogP contribution in [0.2, 0.25) is 0 Å². The molecule has 0 unspecified atom stereocenters. The van der Waals surface area contributed by atoms with Crippen LogP contribution in [0.1, 0.15) is 45.3 Å². The Morgan fingerprint density at radius 2 is 2.27 bits per heavy atom. The zero-order chi connectivity index (χ0) is 11.3. The van der Waals surface area contributed by atoms with Gasteiger partial charge in [0.25, 0.3) is 0 Å². The maximum atomic E-state index is 5.58. The van der Waals surface area contributed by atoms with Crippen molar-refractivity contribution >= 4 is 22.6 Å². The molecule has 0 aliphatic rings. The minimum Gasteiger partial charge on any atom is -0.375 e. The van der Waals surface area contributed by atoms with Crippen LogP contribution in [0.5, 0.6) is 0 Å². The number of halogens is 1. The summed E-state index contributed by atoms with van der Waals surface area (Å²) < 4.78 is 8.86. The Morgan fingerprint density at radius 3 is 2.87 bits per heavy atom. The lowest BCUT2D eigenvalue weighted by Gasteiger charge is -2.14. The van der Waals surface area contributed by atoms with Crippen LogP contribution in [0, 0.1) is 3.57 Å². The van der Waals surface area contributed by atoms with Gasteiger partial charge in [-0.25, -0.2) is 0 Å². The van der Waals surface area contributed by atoms with E-state index in [1.54, 1.807) is 0 Å². The fourth-order valence-electron chi connectivity index (χ4n) is 1.37. The third-order valence-corrected chi connectivity index (χ3v) is 3.34. The SMILES string of the molecule is CCCOCc1c(I)cnn1[C@@H](C)CC. The van der Waals surface area contributed by atoms with Crippen molar-refractivity contribution in [1.82, 2.24) is 9.78 Å². The van der Waals surface area contributed by atoms with E-state index in [2.05, 4.69) is 53.1 Å². The fraction of sp³-hybridized carbons (Fsp3) is 0.727. The molecule has 0 aromatic carbocycles. The largest absolute Gasteiger partial charge is 0.375 e. The summed E-state index contributed by atoms with van der Waals surface area (Å²) in [6.07, 6.45) is 4.07. The number of hydrogen-bond acceptors (Lipinski definition) is 2. The van der Waals surface area contributed by atoms with E-state index in [4.69, 9.17) is 4.74 Å². The first-order valence-corrected chi connectivity index (χ1v) is 6.58. The average Bonchev–Trinajstić information content (AvgIpc) is 2.60. The van der Waals surface area contributed by atoms with E-state index < -0.39 is 0 Å². The van der Waals surface area contributed by atoms with Gasteiger partial charge < -0.3 is 4.74 Å². The molecule has 1 aromatic heterocycles. The van der Waals surface area contributed by atoms with Crippen LogP contribution in [0.25, 0.3) is 0 Å². The lowest BCUT2D eigenvalue weighted by atomic mass is 10.2. The molecule has 1 rings (SSSR count). The van der Waals surface area contributed by atoms with E-state index in [0.717, 1.165) is 19.4 Å². The smallest absolute Gasteiger partial charge is 0.0895 e. The Labute approximate surface area is 105 Å². The summed E-state index contributed by atoms with van der Waals surface area (Å²) in [7, 11) is 0. The Bertz CT molecular complexity index is 299. The summed E-state index contributed by atoms with van der Waals surface area (Å²) in [5.41, 5.74) is 1.21. The zero-order valence-electron chi connectivity index (χ0n) is 9.66. The number of rotatable bonds is 6. The molecule has 1 aromatic rings. The molecule has 1 atom stereocenters. The highest BCUT2D eigenvalue weighted by Gasteiger charge is 2.12. The van der Waals surface area contributed by atoms with Crippen LogP contribution in [-0.2, 0) is 11.3 Å². The quantitative estimate of drug-likeness (QED) is 0.593. The van der Waals surface area contributed by atoms with Crippen molar-refractivity contribution in [2.75, 3.05) is 6.61 Å². The van der Waals surface area contributed by atoms with Crippen molar-refractivity contribution in [2.45, 2.75) is 46.3 Å². The average molecular weight is 322 g/mol. The molecule has 0 radical (unpaired) electrons. The van der Waals surface area contributed by atoms with Crippen LogP contribution in [0.3, 0.4) is 0 Å². The van der Waals surface area contributed by atoms with Crippen LogP contribution < -0.4 is 0 Å². The first-order valence-electron chi connectivity index (χ1n) is 5.50. The highest BCUT2D eigenvalue weighted by atomic mass is 127. The molecule has 0 amide bonds. The van der Waals surface area contributed by atoms with Gasteiger partial charge in [-0.05, 0) is 42.4 Å². The molecule has 0 N–H and O–H groups in total. The molecule has 0 spiro atoms. The van der Waals surface area contributed by atoms with E-state index in [-0.39, 0.29) is 0 Å². The van der Waals surface area contributed by atoms with E-state index in [1.807, 2.05) is 6.20 Å². The molecule has 0 aliphatic carbocycles. The molecule has 15 heavy (non-hydrogen) atoms. The first kappa shape index (κ1) is 13.0. The van der Waals surface area contributed by atoms with Crippen molar-refractivity contribution < 1.29 is 4.74 Å². The Balaban J connectivity index is 2.70. The maximum absolute atomic E-state index is 5.58. The van der Waals surface area contributed by atoms with Crippen LogP contribution in [0.15, 0.2) is 6.20 Å².